The molecule has 0 spiro atoms. The number of rotatable bonds is 33. The van der Waals surface area contributed by atoms with Crippen LogP contribution in [0.2, 0.25) is 0 Å². The van der Waals surface area contributed by atoms with Crippen LogP contribution in [0.3, 0.4) is 0 Å². The van der Waals surface area contributed by atoms with E-state index in [-0.39, 0.29) is 6.10 Å². The van der Waals surface area contributed by atoms with E-state index in [9.17, 15) is 0 Å². The third-order valence-electron chi connectivity index (χ3n) is 7.87. The summed E-state index contributed by atoms with van der Waals surface area (Å²) >= 11 is 0. The number of unbranched alkanes of at least 4 members (excludes halogenated alkanes) is 20. The monoisotopic (exact) mass is 579 g/mol. The number of allylic oxidation sites excluding steroid dienone is 4. The van der Waals surface area contributed by atoms with Crippen LogP contribution >= 0.6 is 0 Å². The molecule has 1 atom stereocenters. The Morgan fingerprint density at radius 3 is 1.24 bits per heavy atom. The van der Waals surface area contributed by atoms with Crippen molar-refractivity contribution in [1.82, 2.24) is 0 Å². The molecule has 0 aromatic rings. The Morgan fingerprint density at radius 2 is 0.829 bits per heavy atom. The first kappa shape index (κ1) is 40.4. The molecular formula is C38H76NO2+. The molecule has 3 nitrogen and oxygen atoms in total. The van der Waals surface area contributed by atoms with Gasteiger partial charge in [0.15, 0.2) is 0 Å². The Balaban J connectivity index is 3.63. The third kappa shape index (κ3) is 35.5. The second-order valence-electron chi connectivity index (χ2n) is 13.5. The van der Waals surface area contributed by atoms with Crippen molar-refractivity contribution in [3.05, 3.63) is 24.3 Å². The number of hydrogen-bond donors (Lipinski definition) is 0. The lowest BCUT2D eigenvalue weighted by molar-refractivity contribution is -0.873. The molecule has 3 heteroatoms. The maximum atomic E-state index is 6.30. The molecule has 0 aliphatic carbocycles. The minimum Gasteiger partial charge on any atom is -0.379 e. The summed E-state index contributed by atoms with van der Waals surface area (Å²) in [6.45, 7) is 8.06. The van der Waals surface area contributed by atoms with Gasteiger partial charge in [0.2, 0.25) is 0 Å². The van der Waals surface area contributed by atoms with Crippen LogP contribution < -0.4 is 0 Å². The molecule has 0 fully saturated rings. The van der Waals surface area contributed by atoms with Crippen LogP contribution in [0.4, 0.5) is 0 Å². The van der Waals surface area contributed by atoms with Gasteiger partial charge in [0.1, 0.15) is 12.6 Å². The topological polar surface area (TPSA) is 18.5 Å². The molecule has 0 unspecified atom stereocenters. The first-order chi connectivity index (χ1) is 20.0. The fourth-order valence-corrected chi connectivity index (χ4v) is 5.30. The molecule has 41 heavy (non-hydrogen) atoms. The highest BCUT2D eigenvalue weighted by molar-refractivity contribution is 4.81. The molecule has 0 saturated carbocycles. The van der Waals surface area contributed by atoms with Crippen molar-refractivity contribution < 1.29 is 14.0 Å². The van der Waals surface area contributed by atoms with Gasteiger partial charge in [0.25, 0.3) is 0 Å². The van der Waals surface area contributed by atoms with Gasteiger partial charge in [0.05, 0.1) is 27.7 Å². The minimum atomic E-state index is 0.215. The van der Waals surface area contributed by atoms with Gasteiger partial charge in [-0.1, -0.05) is 141 Å². The second kappa shape index (κ2) is 32.3. The van der Waals surface area contributed by atoms with Crippen molar-refractivity contribution in [2.45, 2.75) is 174 Å². The van der Waals surface area contributed by atoms with E-state index in [4.69, 9.17) is 9.47 Å². The predicted molar refractivity (Wildman–Crippen MR) is 184 cm³/mol. The van der Waals surface area contributed by atoms with Crippen molar-refractivity contribution in [3.8, 4) is 0 Å². The Kier molecular flexibility index (Phi) is 31.8. The van der Waals surface area contributed by atoms with Gasteiger partial charge in [-0.15, -0.1) is 0 Å². The quantitative estimate of drug-likeness (QED) is 0.0438. The largest absolute Gasteiger partial charge is 0.379 e. The van der Waals surface area contributed by atoms with Crippen LogP contribution in [0.5, 0.6) is 0 Å². The van der Waals surface area contributed by atoms with Gasteiger partial charge in [-0.05, 0) is 51.4 Å². The number of quaternary nitrogens is 1. The van der Waals surface area contributed by atoms with Crippen molar-refractivity contribution >= 4 is 0 Å². The highest BCUT2D eigenvalue weighted by atomic mass is 16.5. The molecular weight excluding hydrogens is 502 g/mol. The smallest absolute Gasteiger partial charge is 0.130 e. The zero-order valence-corrected chi connectivity index (χ0v) is 28.9. The zero-order chi connectivity index (χ0) is 30.1. The Bertz CT molecular complexity index is 551. The molecule has 0 heterocycles. The maximum Gasteiger partial charge on any atom is 0.130 e. The average molecular weight is 579 g/mol. The second-order valence-corrected chi connectivity index (χ2v) is 13.5. The van der Waals surface area contributed by atoms with Crippen LogP contribution in [0.1, 0.15) is 168 Å². The molecule has 0 radical (unpaired) electrons. The van der Waals surface area contributed by atoms with Gasteiger partial charge < -0.3 is 14.0 Å². The fourth-order valence-electron chi connectivity index (χ4n) is 5.30. The fraction of sp³-hybridized carbons (Fsp3) is 0.895. The summed E-state index contributed by atoms with van der Waals surface area (Å²) in [4.78, 5) is 0. The molecule has 0 aliphatic rings. The van der Waals surface area contributed by atoms with Crippen LogP contribution in [0.25, 0.3) is 0 Å². The van der Waals surface area contributed by atoms with Gasteiger partial charge in [-0.25, -0.2) is 0 Å². The van der Waals surface area contributed by atoms with Crippen LogP contribution in [-0.2, 0) is 9.47 Å². The molecule has 244 valence electrons. The number of hydrogen-bond acceptors (Lipinski definition) is 2. The van der Waals surface area contributed by atoms with Crippen LogP contribution in [-0.4, -0.2) is 58.1 Å². The zero-order valence-electron chi connectivity index (χ0n) is 28.9. The van der Waals surface area contributed by atoms with Crippen LogP contribution in [0, 0.1) is 0 Å². The lowest BCUT2D eigenvalue weighted by Crippen LogP contribution is -2.44. The van der Waals surface area contributed by atoms with Gasteiger partial charge >= 0.3 is 0 Å². The molecule has 0 saturated heterocycles. The number of ether oxygens (including phenoxy) is 2. The van der Waals surface area contributed by atoms with E-state index < -0.39 is 0 Å². The maximum absolute atomic E-state index is 6.30. The van der Waals surface area contributed by atoms with E-state index in [1.54, 1.807) is 0 Å². The summed E-state index contributed by atoms with van der Waals surface area (Å²) in [5.74, 6) is 0. The van der Waals surface area contributed by atoms with Crippen molar-refractivity contribution in [2.24, 2.45) is 0 Å². The Morgan fingerprint density at radius 1 is 0.463 bits per heavy atom. The van der Waals surface area contributed by atoms with Crippen molar-refractivity contribution in [2.75, 3.05) is 47.5 Å². The Labute approximate surface area is 259 Å². The standard InChI is InChI=1S/C38H76NO2/c1-6-8-10-12-14-16-18-20-22-24-26-28-30-32-34-40-37-38(36-39(3,4)5)41-35-33-31-29-27-25-23-21-19-17-15-13-11-9-7-2/h12-15,38H,6-11,16-37H2,1-5H3/q+1/b14-12-,15-13-/t38-/m1/s1. The number of likely N-dealkylation sites (N-methyl/N-ethyl adjacent to an activating group) is 1. The minimum absolute atomic E-state index is 0.215. The first-order valence-electron chi connectivity index (χ1n) is 18.3. The molecule has 0 aliphatic heterocycles. The highest BCUT2D eigenvalue weighted by Crippen LogP contribution is 2.13. The van der Waals surface area contributed by atoms with Crippen molar-refractivity contribution in [3.63, 3.8) is 0 Å². The normalized spacial score (nSPS) is 13.2. The molecule has 0 aromatic heterocycles. The SMILES string of the molecule is CCCC/C=C\CCCCCCCCCCOC[C@@H](C[N+](C)(C)C)OCCCCCCCCCC/C=C\CCCC. The molecule has 0 aromatic carbocycles. The Hall–Kier alpha value is -0.640. The molecule has 0 amide bonds. The average Bonchev–Trinajstić information content (AvgIpc) is 2.94. The van der Waals surface area contributed by atoms with Gasteiger partial charge in [-0.3, -0.25) is 0 Å². The summed E-state index contributed by atoms with van der Waals surface area (Å²) in [5, 5.41) is 0. The summed E-state index contributed by atoms with van der Waals surface area (Å²) < 4.78 is 13.3. The van der Waals surface area contributed by atoms with Crippen LogP contribution in [0.15, 0.2) is 24.3 Å². The lowest BCUT2D eigenvalue weighted by atomic mass is 10.1. The highest BCUT2D eigenvalue weighted by Gasteiger charge is 2.19. The molecule has 0 bridgehead atoms. The first-order valence-corrected chi connectivity index (χ1v) is 18.3. The molecule has 0 rings (SSSR count). The third-order valence-corrected chi connectivity index (χ3v) is 7.87. The van der Waals surface area contributed by atoms with E-state index >= 15 is 0 Å². The van der Waals surface area contributed by atoms with Gasteiger partial charge in [0, 0.05) is 13.2 Å². The lowest BCUT2D eigenvalue weighted by Gasteiger charge is -2.29. The summed E-state index contributed by atoms with van der Waals surface area (Å²) in [5.41, 5.74) is 0. The van der Waals surface area contributed by atoms with E-state index in [2.05, 4.69) is 59.3 Å². The van der Waals surface area contributed by atoms with Gasteiger partial charge in [-0.2, -0.15) is 0 Å². The summed E-state index contributed by atoms with van der Waals surface area (Å²) in [7, 11) is 6.76. The van der Waals surface area contributed by atoms with E-state index in [0.717, 1.165) is 30.8 Å². The summed E-state index contributed by atoms with van der Waals surface area (Å²) in [6.07, 6.45) is 41.7. The summed E-state index contributed by atoms with van der Waals surface area (Å²) in [6, 6.07) is 0. The van der Waals surface area contributed by atoms with Crippen molar-refractivity contribution in [1.29, 1.82) is 0 Å². The van der Waals surface area contributed by atoms with E-state index in [0.29, 0.717) is 0 Å². The van der Waals surface area contributed by atoms with E-state index in [1.165, 1.54) is 154 Å². The number of nitrogens with zero attached hydrogens (tertiary/aromatic N) is 1. The van der Waals surface area contributed by atoms with E-state index in [1.807, 2.05) is 0 Å². The predicted octanol–water partition coefficient (Wildman–Crippen LogP) is 11.6. The molecule has 0 N–H and O–H groups in total.